The first-order valence-corrected chi connectivity index (χ1v) is 9.28. The van der Waals surface area contributed by atoms with Gasteiger partial charge in [0.25, 0.3) is 0 Å². The number of rotatable bonds is 6. The molecule has 0 aromatic heterocycles. The predicted octanol–water partition coefficient (Wildman–Crippen LogP) is 3.20. The van der Waals surface area contributed by atoms with Crippen molar-refractivity contribution in [3.05, 3.63) is 60.2 Å². The largest absolute Gasteiger partial charge is 0.412 e. The summed E-state index contributed by atoms with van der Waals surface area (Å²) in [7, 11) is -3.25. The van der Waals surface area contributed by atoms with E-state index in [4.69, 9.17) is 4.74 Å². The summed E-state index contributed by atoms with van der Waals surface area (Å²) in [6.45, 7) is 3.72. The van der Waals surface area contributed by atoms with Crippen molar-refractivity contribution in [3.63, 3.8) is 0 Å². The highest BCUT2D eigenvalue weighted by atomic mass is 32.2. The van der Waals surface area contributed by atoms with Crippen molar-refractivity contribution in [2.24, 2.45) is 0 Å². The van der Waals surface area contributed by atoms with E-state index >= 15 is 0 Å². The molecule has 0 aliphatic rings. The van der Waals surface area contributed by atoms with Gasteiger partial charge in [0.2, 0.25) is 0 Å². The quantitative estimate of drug-likeness (QED) is 0.871. The van der Waals surface area contributed by atoms with E-state index in [1.807, 2.05) is 6.07 Å². The van der Waals surface area contributed by atoms with Crippen molar-refractivity contribution < 1.29 is 17.9 Å². The Morgan fingerprint density at radius 3 is 2.25 bits per heavy atom. The molecule has 0 radical (unpaired) electrons. The average Bonchev–Trinajstić information content (AvgIpc) is 2.56. The zero-order valence-electron chi connectivity index (χ0n) is 13.7. The standard InChI is InChI=1S/C18H21NO4S/c1-14(2)24(21,22)17-10-8-15(9-11-17)12-13-19-18(20)23-16-6-4-3-5-7-16/h3-11,14H,12-13H2,1-2H3,(H,19,20). The van der Waals surface area contributed by atoms with Crippen LogP contribution in [0.3, 0.4) is 0 Å². The minimum Gasteiger partial charge on any atom is -0.410 e. The van der Waals surface area contributed by atoms with E-state index in [9.17, 15) is 13.2 Å². The van der Waals surface area contributed by atoms with Crippen molar-refractivity contribution in [1.29, 1.82) is 0 Å². The summed E-state index contributed by atoms with van der Waals surface area (Å²) in [6, 6.07) is 15.6. The van der Waals surface area contributed by atoms with E-state index in [-0.39, 0.29) is 0 Å². The van der Waals surface area contributed by atoms with E-state index in [1.54, 1.807) is 62.4 Å². The third-order valence-electron chi connectivity index (χ3n) is 3.51. The van der Waals surface area contributed by atoms with Crippen LogP contribution < -0.4 is 10.1 Å². The Bertz CT molecular complexity index is 768. The van der Waals surface area contributed by atoms with Crippen molar-refractivity contribution in [2.45, 2.75) is 30.4 Å². The molecule has 0 aliphatic carbocycles. The minimum absolute atomic E-state index is 0.317. The fourth-order valence-electron chi connectivity index (χ4n) is 2.06. The third kappa shape index (κ3) is 4.83. The highest BCUT2D eigenvalue weighted by Gasteiger charge is 2.18. The monoisotopic (exact) mass is 347 g/mol. The fraction of sp³-hybridized carbons (Fsp3) is 0.278. The summed E-state index contributed by atoms with van der Waals surface area (Å²) in [6.07, 6.45) is 0.0755. The highest BCUT2D eigenvalue weighted by Crippen LogP contribution is 2.16. The Kier molecular flexibility index (Phi) is 5.98. The fourth-order valence-corrected chi connectivity index (χ4v) is 3.12. The molecule has 6 heteroatoms. The van der Waals surface area contributed by atoms with Gasteiger partial charge in [0.15, 0.2) is 9.84 Å². The number of ether oxygens (including phenoxy) is 1. The van der Waals surface area contributed by atoms with Crippen LogP contribution in [-0.4, -0.2) is 26.3 Å². The molecule has 128 valence electrons. The van der Waals surface area contributed by atoms with E-state index in [0.29, 0.717) is 23.6 Å². The van der Waals surface area contributed by atoms with Gasteiger partial charge < -0.3 is 10.1 Å². The van der Waals surface area contributed by atoms with Gasteiger partial charge in [-0.3, -0.25) is 0 Å². The summed E-state index contributed by atoms with van der Waals surface area (Å²) in [5.41, 5.74) is 0.942. The van der Waals surface area contributed by atoms with Crippen LogP contribution in [0.2, 0.25) is 0 Å². The maximum atomic E-state index is 12.0. The number of hydrogen-bond donors (Lipinski definition) is 1. The van der Waals surface area contributed by atoms with Gasteiger partial charge in [0, 0.05) is 6.54 Å². The molecule has 24 heavy (non-hydrogen) atoms. The van der Waals surface area contributed by atoms with Crippen molar-refractivity contribution >= 4 is 15.9 Å². The van der Waals surface area contributed by atoms with Crippen LogP contribution in [0.5, 0.6) is 5.75 Å². The van der Waals surface area contributed by atoms with Gasteiger partial charge in [-0.05, 0) is 50.1 Å². The first kappa shape index (κ1) is 18.0. The summed E-state index contributed by atoms with van der Waals surface area (Å²) in [5.74, 6) is 0.484. The Labute approximate surface area is 142 Å². The zero-order chi connectivity index (χ0) is 17.6. The summed E-state index contributed by atoms with van der Waals surface area (Å²) in [4.78, 5) is 12.0. The van der Waals surface area contributed by atoms with E-state index in [2.05, 4.69) is 5.32 Å². The summed E-state index contributed by atoms with van der Waals surface area (Å²) >= 11 is 0. The molecule has 2 aromatic rings. The maximum absolute atomic E-state index is 12.0. The molecule has 0 saturated heterocycles. The van der Waals surface area contributed by atoms with Crippen LogP contribution in [-0.2, 0) is 16.3 Å². The van der Waals surface area contributed by atoms with Crippen LogP contribution in [0.15, 0.2) is 59.5 Å². The molecule has 0 bridgehead atoms. The van der Waals surface area contributed by atoms with Gasteiger partial charge in [-0.25, -0.2) is 13.2 Å². The number of nitrogens with one attached hydrogen (secondary N) is 1. The van der Waals surface area contributed by atoms with E-state index in [1.165, 1.54) is 0 Å². The molecular formula is C18H21NO4S. The molecule has 0 saturated carbocycles. The van der Waals surface area contributed by atoms with Crippen LogP contribution in [0.4, 0.5) is 4.79 Å². The lowest BCUT2D eigenvalue weighted by Gasteiger charge is -2.09. The average molecular weight is 347 g/mol. The Morgan fingerprint density at radius 2 is 1.67 bits per heavy atom. The molecular weight excluding hydrogens is 326 g/mol. The number of carbonyl (C=O) groups is 1. The van der Waals surface area contributed by atoms with Gasteiger partial charge in [-0.1, -0.05) is 30.3 Å². The number of sulfone groups is 1. The lowest BCUT2D eigenvalue weighted by molar-refractivity contribution is 0.200. The number of benzene rings is 2. The second kappa shape index (κ2) is 7.97. The molecule has 1 amide bonds. The molecule has 1 N–H and O–H groups in total. The second-order valence-electron chi connectivity index (χ2n) is 5.62. The minimum atomic E-state index is -3.25. The van der Waals surface area contributed by atoms with Crippen molar-refractivity contribution in [2.75, 3.05) is 6.54 Å². The first-order chi connectivity index (χ1) is 11.4. The molecule has 2 rings (SSSR count). The zero-order valence-corrected chi connectivity index (χ0v) is 14.5. The van der Waals surface area contributed by atoms with Crippen LogP contribution in [0.25, 0.3) is 0 Å². The molecule has 0 atom stereocenters. The third-order valence-corrected chi connectivity index (χ3v) is 5.68. The SMILES string of the molecule is CC(C)S(=O)(=O)c1ccc(CCNC(=O)Oc2ccccc2)cc1. The summed E-state index contributed by atoms with van der Waals surface area (Å²) < 4.78 is 29.2. The number of para-hydroxylation sites is 1. The molecule has 5 nitrogen and oxygen atoms in total. The van der Waals surface area contributed by atoms with Crippen molar-refractivity contribution in [1.82, 2.24) is 5.32 Å². The number of hydrogen-bond acceptors (Lipinski definition) is 4. The van der Waals surface area contributed by atoms with Gasteiger partial charge in [-0.2, -0.15) is 0 Å². The first-order valence-electron chi connectivity index (χ1n) is 7.73. The topological polar surface area (TPSA) is 72.5 Å². The van der Waals surface area contributed by atoms with E-state index < -0.39 is 21.2 Å². The Hall–Kier alpha value is -2.34. The highest BCUT2D eigenvalue weighted by molar-refractivity contribution is 7.92. The normalized spacial score (nSPS) is 11.3. The van der Waals surface area contributed by atoms with Crippen LogP contribution in [0, 0.1) is 0 Å². The lowest BCUT2D eigenvalue weighted by Crippen LogP contribution is -2.28. The molecule has 0 heterocycles. The smallest absolute Gasteiger partial charge is 0.410 e. The Balaban J connectivity index is 1.84. The lowest BCUT2D eigenvalue weighted by atomic mass is 10.1. The molecule has 0 unspecified atom stereocenters. The molecule has 0 fully saturated rings. The van der Waals surface area contributed by atoms with Crippen molar-refractivity contribution in [3.8, 4) is 5.75 Å². The van der Waals surface area contributed by atoms with Gasteiger partial charge in [-0.15, -0.1) is 0 Å². The molecule has 0 aliphatic heterocycles. The second-order valence-corrected chi connectivity index (χ2v) is 8.12. The van der Waals surface area contributed by atoms with Gasteiger partial charge >= 0.3 is 6.09 Å². The number of amides is 1. The maximum Gasteiger partial charge on any atom is 0.412 e. The molecule has 0 spiro atoms. The number of carbonyl (C=O) groups excluding carboxylic acids is 1. The predicted molar refractivity (Wildman–Crippen MR) is 92.9 cm³/mol. The van der Waals surface area contributed by atoms with Gasteiger partial charge in [0.05, 0.1) is 10.1 Å². The molecule has 2 aromatic carbocycles. The van der Waals surface area contributed by atoms with Crippen LogP contribution >= 0.6 is 0 Å². The van der Waals surface area contributed by atoms with Crippen LogP contribution in [0.1, 0.15) is 19.4 Å². The van der Waals surface area contributed by atoms with Gasteiger partial charge in [0.1, 0.15) is 5.75 Å². The Morgan fingerprint density at radius 1 is 1.04 bits per heavy atom. The van der Waals surface area contributed by atoms with E-state index in [0.717, 1.165) is 5.56 Å². The summed E-state index contributed by atoms with van der Waals surface area (Å²) in [5, 5.41) is 2.22.